The lowest BCUT2D eigenvalue weighted by molar-refractivity contribution is 0.374. The van der Waals surface area contributed by atoms with E-state index in [1.54, 1.807) is 0 Å². The maximum Gasteiger partial charge on any atom is 0.241 e. The number of nitrogens with two attached hydrogens (primary N) is 1. The Morgan fingerprint density at radius 2 is 1.71 bits per heavy atom. The van der Waals surface area contributed by atoms with Gasteiger partial charge in [0.1, 0.15) is 0 Å². The van der Waals surface area contributed by atoms with Crippen LogP contribution in [0.3, 0.4) is 0 Å². The van der Waals surface area contributed by atoms with Crippen LogP contribution in [0.5, 0.6) is 0 Å². The van der Waals surface area contributed by atoms with Crippen LogP contribution in [0.1, 0.15) is 36.5 Å². The molecule has 0 amide bonds. The van der Waals surface area contributed by atoms with E-state index in [0.29, 0.717) is 17.4 Å². The number of hydrogen-bond donors (Lipinski definition) is 2. The molecule has 0 spiro atoms. The topological polar surface area (TPSA) is 72.2 Å². The molecule has 6 heteroatoms. The zero-order valence-corrected chi connectivity index (χ0v) is 14.7. The predicted molar refractivity (Wildman–Crippen MR) is 88.4 cm³/mol. The third-order valence-electron chi connectivity index (χ3n) is 4.14. The molecule has 1 unspecified atom stereocenters. The molecule has 21 heavy (non-hydrogen) atoms. The van der Waals surface area contributed by atoms with Crippen molar-refractivity contribution in [2.75, 3.05) is 6.54 Å². The second-order valence-electron chi connectivity index (χ2n) is 6.23. The Morgan fingerprint density at radius 1 is 1.24 bits per heavy atom. The summed E-state index contributed by atoms with van der Waals surface area (Å²) in [6.45, 7) is 7.87. The van der Waals surface area contributed by atoms with Crippen LogP contribution >= 0.6 is 12.4 Å². The molecule has 1 saturated carbocycles. The highest BCUT2D eigenvalue weighted by Crippen LogP contribution is 2.40. The molecule has 0 aliphatic heterocycles. The monoisotopic (exact) mass is 332 g/mol. The van der Waals surface area contributed by atoms with Crippen LogP contribution in [-0.4, -0.2) is 20.5 Å². The van der Waals surface area contributed by atoms with E-state index in [1.165, 1.54) is 0 Å². The highest BCUT2D eigenvalue weighted by Gasteiger charge is 2.43. The summed E-state index contributed by atoms with van der Waals surface area (Å²) in [7, 11) is -3.54. The van der Waals surface area contributed by atoms with Gasteiger partial charge in [-0.1, -0.05) is 17.7 Å². The second kappa shape index (κ2) is 6.24. The van der Waals surface area contributed by atoms with Gasteiger partial charge in [-0.2, -0.15) is 0 Å². The minimum absolute atomic E-state index is 0. The summed E-state index contributed by atoms with van der Waals surface area (Å²) in [5.74, 6) is 0.355. The van der Waals surface area contributed by atoms with Crippen LogP contribution in [0.4, 0.5) is 0 Å². The zero-order valence-electron chi connectivity index (χ0n) is 13.1. The van der Waals surface area contributed by atoms with E-state index in [-0.39, 0.29) is 12.4 Å². The van der Waals surface area contributed by atoms with Crippen molar-refractivity contribution in [2.24, 2.45) is 11.7 Å². The Morgan fingerprint density at radius 3 is 2.10 bits per heavy atom. The van der Waals surface area contributed by atoms with E-state index in [0.717, 1.165) is 29.5 Å². The van der Waals surface area contributed by atoms with E-state index in [1.807, 2.05) is 39.8 Å². The van der Waals surface area contributed by atoms with Crippen LogP contribution in [0.2, 0.25) is 0 Å². The first-order chi connectivity index (χ1) is 9.19. The predicted octanol–water partition coefficient (Wildman–Crippen LogP) is 2.44. The van der Waals surface area contributed by atoms with Gasteiger partial charge in [0.15, 0.2) is 0 Å². The molecule has 1 fully saturated rings. The molecular weight excluding hydrogens is 308 g/mol. The second-order valence-corrected chi connectivity index (χ2v) is 7.85. The van der Waals surface area contributed by atoms with Gasteiger partial charge in [0.25, 0.3) is 0 Å². The van der Waals surface area contributed by atoms with Gasteiger partial charge in [0.2, 0.25) is 10.0 Å². The van der Waals surface area contributed by atoms with Crippen LogP contribution in [-0.2, 0) is 10.0 Å². The Bertz CT molecular complexity index is 604. The molecule has 0 aromatic heterocycles. The molecule has 1 aromatic rings. The normalized spacial score (nSPS) is 18.0. The zero-order chi connectivity index (χ0) is 15.1. The first kappa shape index (κ1) is 18.4. The van der Waals surface area contributed by atoms with Crippen molar-refractivity contribution in [3.8, 4) is 0 Å². The average molecular weight is 333 g/mol. The maximum atomic E-state index is 12.7. The molecule has 1 aliphatic carbocycles. The molecule has 0 heterocycles. The number of benzene rings is 1. The van der Waals surface area contributed by atoms with Crippen molar-refractivity contribution in [2.45, 2.75) is 51.0 Å². The van der Waals surface area contributed by atoms with Gasteiger partial charge in [-0.15, -0.1) is 12.4 Å². The lowest BCUT2D eigenvalue weighted by Gasteiger charge is -2.29. The van der Waals surface area contributed by atoms with Crippen molar-refractivity contribution in [3.63, 3.8) is 0 Å². The van der Waals surface area contributed by atoms with Crippen molar-refractivity contribution in [1.29, 1.82) is 0 Å². The largest absolute Gasteiger partial charge is 0.329 e. The van der Waals surface area contributed by atoms with Crippen molar-refractivity contribution in [3.05, 3.63) is 28.8 Å². The van der Waals surface area contributed by atoms with Gasteiger partial charge >= 0.3 is 0 Å². The van der Waals surface area contributed by atoms with Crippen LogP contribution in [0.15, 0.2) is 17.0 Å². The van der Waals surface area contributed by atoms with E-state index >= 15 is 0 Å². The summed E-state index contributed by atoms with van der Waals surface area (Å²) >= 11 is 0. The highest BCUT2D eigenvalue weighted by molar-refractivity contribution is 7.89. The van der Waals surface area contributed by atoms with E-state index in [4.69, 9.17) is 5.73 Å². The summed E-state index contributed by atoms with van der Waals surface area (Å²) in [5, 5.41) is 0. The number of aryl methyl sites for hydroxylation is 3. The van der Waals surface area contributed by atoms with Crippen LogP contribution < -0.4 is 10.5 Å². The van der Waals surface area contributed by atoms with Gasteiger partial charge in [-0.05, 0) is 57.6 Å². The molecular formula is C15H25ClN2O2S. The Kier molecular flexibility index (Phi) is 5.48. The molecule has 120 valence electrons. The summed E-state index contributed by atoms with van der Waals surface area (Å²) in [6.07, 6.45) is 2.09. The van der Waals surface area contributed by atoms with Gasteiger partial charge in [-0.3, -0.25) is 0 Å². The van der Waals surface area contributed by atoms with Crippen molar-refractivity contribution < 1.29 is 8.42 Å². The standard InChI is InChI=1S/C15H24N2O2S.ClH/c1-10-7-11(2)14(12(3)8-10)20(18,19)17-15(4,9-16)13-5-6-13;/h7-8,13,17H,5-6,9,16H2,1-4H3;1H. The molecule has 0 bridgehead atoms. The van der Waals surface area contributed by atoms with Gasteiger partial charge in [-0.25, -0.2) is 13.1 Å². The highest BCUT2D eigenvalue weighted by atomic mass is 35.5. The molecule has 1 aromatic carbocycles. The molecule has 2 rings (SSSR count). The molecule has 0 radical (unpaired) electrons. The van der Waals surface area contributed by atoms with Crippen LogP contribution in [0.25, 0.3) is 0 Å². The average Bonchev–Trinajstić information content (AvgIpc) is 3.09. The number of nitrogens with one attached hydrogen (secondary N) is 1. The van der Waals surface area contributed by atoms with Gasteiger partial charge in [0.05, 0.1) is 4.90 Å². The minimum Gasteiger partial charge on any atom is -0.329 e. The van der Waals surface area contributed by atoms with E-state index in [9.17, 15) is 8.42 Å². The Labute approximate surface area is 134 Å². The first-order valence-electron chi connectivity index (χ1n) is 7.01. The maximum absolute atomic E-state index is 12.7. The lowest BCUT2D eigenvalue weighted by atomic mass is 9.98. The summed E-state index contributed by atoms with van der Waals surface area (Å²) in [4.78, 5) is 0.392. The molecule has 0 saturated heterocycles. The Balaban J connectivity index is 0.00000220. The van der Waals surface area contributed by atoms with E-state index in [2.05, 4.69) is 4.72 Å². The summed E-state index contributed by atoms with van der Waals surface area (Å²) in [5.41, 5.74) is 7.90. The molecule has 3 N–H and O–H groups in total. The minimum atomic E-state index is -3.54. The fraction of sp³-hybridized carbons (Fsp3) is 0.600. The quantitative estimate of drug-likeness (QED) is 0.869. The van der Waals surface area contributed by atoms with Gasteiger partial charge in [0, 0.05) is 12.1 Å². The summed E-state index contributed by atoms with van der Waals surface area (Å²) in [6, 6.07) is 3.80. The fourth-order valence-corrected chi connectivity index (χ4v) is 4.89. The molecule has 4 nitrogen and oxygen atoms in total. The number of hydrogen-bond acceptors (Lipinski definition) is 3. The van der Waals surface area contributed by atoms with Crippen molar-refractivity contribution >= 4 is 22.4 Å². The fourth-order valence-electron chi connectivity index (χ4n) is 2.96. The first-order valence-corrected chi connectivity index (χ1v) is 8.50. The number of rotatable bonds is 5. The third kappa shape index (κ3) is 3.77. The van der Waals surface area contributed by atoms with E-state index < -0.39 is 15.6 Å². The molecule has 1 atom stereocenters. The third-order valence-corrected chi connectivity index (χ3v) is 6.06. The SMILES string of the molecule is Cc1cc(C)c(S(=O)(=O)NC(C)(CN)C2CC2)c(C)c1.Cl. The molecule has 1 aliphatic rings. The number of sulfonamides is 1. The summed E-state index contributed by atoms with van der Waals surface area (Å²) < 4.78 is 28.3. The smallest absolute Gasteiger partial charge is 0.241 e. The van der Waals surface area contributed by atoms with Gasteiger partial charge < -0.3 is 5.73 Å². The number of halogens is 1. The van der Waals surface area contributed by atoms with Crippen molar-refractivity contribution in [1.82, 2.24) is 4.72 Å². The van der Waals surface area contributed by atoms with Crippen LogP contribution in [0, 0.1) is 26.7 Å². The Hall–Kier alpha value is -0.620. The lowest BCUT2D eigenvalue weighted by Crippen LogP contribution is -2.53.